The molecule has 0 aliphatic carbocycles. The summed E-state index contributed by atoms with van der Waals surface area (Å²) in [6, 6.07) is 7.89. The zero-order valence-electron chi connectivity index (χ0n) is 9.46. The van der Waals surface area contributed by atoms with Crippen LogP contribution in [-0.4, -0.2) is 11.8 Å². The fraction of sp³-hybridized carbons (Fsp3) is 0.308. The van der Waals surface area contributed by atoms with E-state index in [4.69, 9.17) is 4.52 Å². The fourth-order valence-electron chi connectivity index (χ4n) is 1.86. The molecule has 1 heterocycles. The minimum Gasteiger partial charge on any atom is -0.361 e. The van der Waals surface area contributed by atoms with Crippen molar-refractivity contribution in [3.05, 3.63) is 41.2 Å². The number of benzene rings is 1. The molecular weight excluding hydrogens is 204 g/mol. The third-order valence-corrected chi connectivity index (χ3v) is 2.64. The summed E-state index contributed by atoms with van der Waals surface area (Å²) in [5.74, 6) is 0.597. The lowest BCUT2D eigenvalue weighted by Gasteiger charge is -2.04. The molecule has 16 heavy (non-hydrogen) atoms. The van der Waals surface area contributed by atoms with Crippen molar-refractivity contribution in [2.45, 2.75) is 20.3 Å². The maximum absolute atomic E-state index is 12.2. The topological polar surface area (TPSA) is 26.0 Å². The highest BCUT2D eigenvalue weighted by molar-refractivity contribution is 5.67. The SMILES string of the molecule is Cc1cccc(C)c1-c1cc(CC[18F])on1. The van der Waals surface area contributed by atoms with Crippen LogP contribution in [0.1, 0.15) is 16.9 Å². The van der Waals surface area contributed by atoms with Gasteiger partial charge in [-0.1, -0.05) is 23.4 Å². The minimum absolute atomic E-state index is 0.290. The summed E-state index contributed by atoms with van der Waals surface area (Å²) in [4.78, 5) is 0. The average Bonchev–Trinajstić information content (AvgIpc) is 2.67. The number of hydrogen-bond acceptors (Lipinski definition) is 2. The van der Waals surface area contributed by atoms with Crippen LogP contribution in [0, 0.1) is 13.8 Å². The van der Waals surface area contributed by atoms with Crippen molar-refractivity contribution in [3.63, 3.8) is 0 Å². The van der Waals surface area contributed by atoms with Gasteiger partial charge in [0.2, 0.25) is 0 Å². The predicted octanol–water partition coefficient (Wildman–Crippen LogP) is 3.47. The summed E-state index contributed by atoms with van der Waals surface area (Å²) in [6.45, 7) is 3.65. The number of alkyl halides is 1. The van der Waals surface area contributed by atoms with Crippen molar-refractivity contribution in [3.8, 4) is 11.3 Å². The van der Waals surface area contributed by atoms with E-state index in [1.54, 1.807) is 0 Å². The molecule has 0 aliphatic rings. The number of aromatic nitrogens is 1. The molecule has 0 spiro atoms. The van der Waals surface area contributed by atoms with Crippen molar-refractivity contribution in [2.75, 3.05) is 6.67 Å². The Labute approximate surface area is 94.1 Å². The summed E-state index contributed by atoms with van der Waals surface area (Å²) in [7, 11) is 0. The largest absolute Gasteiger partial charge is 0.361 e. The highest BCUT2D eigenvalue weighted by atomic mass is 18.2. The Morgan fingerprint density at radius 3 is 2.56 bits per heavy atom. The van der Waals surface area contributed by atoms with Crippen LogP contribution in [0.25, 0.3) is 11.3 Å². The van der Waals surface area contributed by atoms with Crippen molar-refractivity contribution in [2.24, 2.45) is 0 Å². The molecule has 0 aliphatic heterocycles. The Bertz CT molecular complexity index is 470. The molecule has 0 atom stereocenters. The highest BCUT2D eigenvalue weighted by Crippen LogP contribution is 2.26. The summed E-state index contributed by atoms with van der Waals surface area (Å²) in [5.41, 5.74) is 4.18. The van der Waals surface area contributed by atoms with Gasteiger partial charge in [0.15, 0.2) is 0 Å². The quantitative estimate of drug-likeness (QED) is 0.788. The van der Waals surface area contributed by atoms with Crippen LogP contribution >= 0.6 is 0 Å². The van der Waals surface area contributed by atoms with Gasteiger partial charge in [-0.05, 0) is 25.0 Å². The van der Waals surface area contributed by atoms with Crippen LogP contribution in [-0.2, 0) is 6.42 Å². The molecular formula is C13H14FNO. The summed E-state index contributed by atoms with van der Waals surface area (Å²) >= 11 is 0. The Morgan fingerprint density at radius 1 is 1.25 bits per heavy atom. The van der Waals surface area contributed by atoms with Gasteiger partial charge in [0.05, 0.1) is 6.67 Å². The number of halogens is 1. The summed E-state index contributed by atoms with van der Waals surface area (Å²) in [5, 5.41) is 3.99. The second-order valence-corrected chi connectivity index (χ2v) is 3.88. The zero-order valence-corrected chi connectivity index (χ0v) is 9.46. The first kappa shape index (κ1) is 10.9. The van der Waals surface area contributed by atoms with Gasteiger partial charge in [0.1, 0.15) is 11.5 Å². The maximum Gasteiger partial charge on any atom is 0.139 e. The molecule has 0 N–H and O–H groups in total. The Morgan fingerprint density at radius 2 is 1.94 bits per heavy atom. The lowest BCUT2D eigenvalue weighted by atomic mass is 10.00. The highest BCUT2D eigenvalue weighted by Gasteiger charge is 2.10. The first-order chi connectivity index (χ1) is 7.72. The number of aryl methyl sites for hydroxylation is 3. The first-order valence-electron chi connectivity index (χ1n) is 5.30. The fourth-order valence-corrected chi connectivity index (χ4v) is 1.86. The lowest BCUT2D eigenvalue weighted by molar-refractivity contribution is 0.366. The van der Waals surface area contributed by atoms with E-state index in [-0.39, 0.29) is 6.42 Å². The first-order valence-corrected chi connectivity index (χ1v) is 5.30. The third kappa shape index (κ3) is 1.98. The van der Waals surface area contributed by atoms with E-state index in [1.807, 2.05) is 38.1 Å². The molecule has 0 unspecified atom stereocenters. The third-order valence-electron chi connectivity index (χ3n) is 2.64. The average molecular weight is 218 g/mol. The van der Waals surface area contributed by atoms with Gasteiger partial charge in [-0.3, -0.25) is 4.39 Å². The van der Waals surface area contributed by atoms with Gasteiger partial charge < -0.3 is 4.52 Å². The van der Waals surface area contributed by atoms with Crippen molar-refractivity contribution < 1.29 is 8.91 Å². The number of hydrogen-bond donors (Lipinski definition) is 0. The summed E-state index contributed by atoms with van der Waals surface area (Å²) in [6.07, 6.45) is 0.290. The minimum atomic E-state index is -0.415. The van der Waals surface area contributed by atoms with Crippen molar-refractivity contribution in [1.82, 2.24) is 5.16 Å². The number of rotatable bonds is 3. The van der Waals surface area contributed by atoms with E-state index >= 15 is 0 Å². The normalized spacial score (nSPS) is 10.7. The second-order valence-electron chi connectivity index (χ2n) is 3.88. The molecule has 0 bridgehead atoms. The van der Waals surface area contributed by atoms with Gasteiger partial charge >= 0.3 is 0 Å². The van der Waals surface area contributed by atoms with Crippen LogP contribution in [0.5, 0.6) is 0 Å². The molecule has 1 aromatic heterocycles. The molecule has 0 saturated heterocycles. The van der Waals surface area contributed by atoms with Gasteiger partial charge in [-0.15, -0.1) is 0 Å². The van der Waals surface area contributed by atoms with Crippen LogP contribution in [0.15, 0.2) is 28.8 Å². The molecule has 2 rings (SSSR count). The number of nitrogens with zero attached hydrogens (tertiary/aromatic N) is 1. The summed E-state index contributed by atoms with van der Waals surface area (Å²) < 4.78 is 17.2. The van der Waals surface area contributed by atoms with Crippen LogP contribution < -0.4 is 0 Å². The molecule has 0 fully saturated rings. The van der Waals surface area contributed by atoms with E-state index in [1.165, 1.54) is 0 Å². The van der Waals surface area contributed by atoms with Gasteiger partial charge in [-0.2, -0.15) is 0 Å². The Balaban J connectivity index is 2.42. The van der Waals surface area contributed by atoms with E-state index in [9.17, 15) is 4.39 Å². The molecule has 1 aromatic carbocycles. The molecule has 2 aromatic rings. The van der Waals surface area contributed by atoms with Gasteiger partial charge in [-0.25, -0.2) is 0 Å². The zero-order chi connectivity index (χ0) is 11.5. The molecule has 2 nitrogen and oxygen atoms in total. The van der Waals surface area contributed by atoms with E-state index < -0.39 is 6.67 Å². The van der Waals surface area contributed by atoms with Gasteiger partial charge in [0, 0.05) is 18.1 Å². The maximum atomic E-state index is 12.2. The Hall–Kier alpha value is -1.64. The van der Waals surface area contributed by atoms with Crippen LogP contribution in [0.3, 0.4) is 0 Å². The molecule has 0 radical (unpaired) electrons. The molecule has 84 valence electrons. The van der Waals surface area contributed by atoms with Crippen LogP contribution in [0.4, 0.5) is 4.39 Å². The molecule has 0 amide bonds. The van der Waals surface area contributed by atoms with Crippen LogP contribution in [0.2, 0.25) is 0 Å². The predicted molar refractivity (Wildman–Crippen MR) is 61.1 cm³/mol. The van der Waals surface area contributed by atoms with E-state index in [0.29, 0.717) is 5.76 Å². The molecule has 3 heteroatoms. The lowest BCUT2D eigenvalue weighted by Crippen LogP contribution is -1.87. The standard InChI is InChI=1S/C13H14FNO/c1-9-4-3-5-10(2)13(9)12-8-11(6-7-14)16-15-12/h3-5,8H,6-7H2,1-2H3/i14-1. The van der Waals surface area contributed by atoms with E-state index in [2.05, 4.69) is 5.16 Å². The van der Waals surface area contributed by atoms with Crippen molar-refractivity contribution >= 4 is 0 Å². The monoisotopic (exact) mass is 218 g/mol. The van der Waals surface area contributed by atoms with Crippen molar-refractivity contribution in [1.29, 1.82) is 0 Å². The van der Waals surface area contributed by atoms with Gasteiger partial charge in [0.25, 0.3) is 0 Å². The Kier molecular flexibility index (Phi) is 3.04. The second kappa shape index (κ2) is 4.47. The van der Waals surface area contributed by atoms with E-state index in [0.717, 1.165) is 22.4 Å². The smallest absolute Gasteiger partial charge is 0.139 e. The molecule has 0 saturated carbocycles.